The molecule has 2 aromatic heterocycles. The molecule has 0 aromatic carbocycles. The van der Waals surface area contributed by atoms with Crippen molar-refractivity contribution in [2.24, 2.45) is 0 Å². The fourth-order valence-electron chi connectivity index (χ4n) is 1.65. The third kappa shape index (κ3) is 2.49. The van der Waals surface area contributed by atoms with Crippen LogP contribution in [0.3, 0.4) is 0 Å². The van der Waals surface area contributed by atoms with Crippen LogP contribution in [0.1, 0.15) is 23.1 Å². The molecule has 0 saturated carbocycles. The Labute approximate surface area is 109 Å². The topological polar surface area (TPSA) is 106 Å². The third-order valence-corrected chi connectivity index (χ3v) is 2.79. The highest BCUT2D eigenvalue weighted by Gasteiger charge is 2.15. The van der Waals surface area contributed by atoms with E-state index in [-0.39, 0.29) is 11.3 Å². The lowest BCUT2D eigenvalue weighted by Crippen LogP contribution is -2.20. The monoisotopic (exact) mass is 261 g/mol. The van der Waals surface area contributed by atoms with Gasteiger partial charge in [-0.05, 0) is 19.9 Å². The molecule has 1 amide bonds. The van der Waals surface area contributed by atoms with Crippen LogP contribution in [0, 0.1) is 6.92 Å². The van der Waals surface area contributed by atoms with Crippen molar-refractivity contribution < 1.29 is 4.79 Å². The Bertz CT molecular complexity index is 671. The Kier molecular flexibility index (Phi) is 3.37. The molecule has 2 aromatic rings. The minimum atomic E-state index is -0.414. The second-order valence-electron chi connectivity index (χ2n) is 4.11. The van der Waals surface area contributed by atoms with Crippen LogP contribution in [0.15, 0.2) is 23.1 Å². The van der Waals surface area contributed by atoms with E-state index in [2.05, 4.69) is 15.5 Å². The SMILES string of the molecule is CCn1cc(NC(=O)c2n[nH]c(C)c2N)ccc1=O. The summed E-state index contributed by atoms with van der Waals surface area (Å²) in [6, 6.07) is 2.94. The van der Waals surface area contributed by atoms with Crippen molar-refractivity contribution in [2.45, 2.75) is 20.4 Å². The summed E-state index contributed by atoms with van der Waals surface area (Å²) in [5, 5.41) is 9.14. The van der Waals surface area contributed by atoms with Crippen molar-refractivity contribution in [2.75, 3.05) is 11.1 Å². The average Bonchev–Trinajstić information content (AvgIpc) is 2.72. The predicted octanol–water partition coefficient (Wildman–Crippen LogP) is 0.734. The number of anilines is 2. The number of hydrogen-bond acceptors (Lipinski definition) is 4. The Balaban J connectivity index is 2.24. The first-order valence-corrected chi connectivity index (χ1v) is 5.85. The van der Waals surface area contributed by atoms with Crippen LogP contribution in [0.2, 0.25) is 0 Å². The zero-order valence-electron chi connectivity index (χ0n) is 10.7. The second kappa shape index (κ2) is 4.97. The number of H-pyrrole nitrogens is 1. The first-order valence-electron chi connectivity index (χ1n) is 5.85. The van der Waals surface area contributed by atoms with Crippen LogP contribution < -0.4 is 16.6 Å². The summed E-state index contributed by atoms with van der Waals surface area (Å²) >= 11 is 0. The Hall–Kier alpha value is -2.57. The molecule has 2 heterocycles. The van der Waals surface area contributed by atoms with Crippen LogP contribution in [0.4, 0.5) is 11.4 Å². The number of carbonyl (C=O) groups excluding carboxylic acids is 1. The molecule has 7 heteroatoms. The van der Waals surface area contributed by atoms with E-state index in [1.54, 1.807) is 19.2 Å². The molecule has 100 valence electrons. The largest absolute Gasteiger partial charge is 0.395 e. The maximum atomic E-state index is 12.0. The van der Waals surface area contributed by atoms with E-state index in [1.165, 1.54) is 10.6 Å². The third-order valence-electron chi connectivity index (χ3n) is 2.79. The number of nitrogen functional groups attached to an aromatic ring is 1. The Morgan fingerprint density at radius 2 is 2.26 bits per heavy atom. The normalized spacial score (nSPS) is 10.4. The molecule has 0 saturated heterocycles. The van der Waals surface area contributed by atoms with Crippen LogP contribution in [-0.2, 0) is 6.54 Å². The van der Waals surface area contributed by atoms with Gasteiger partial charge in [0.05, 0.1) is 17.1 Å². The second-order valence-corrected chi connectivity index (χ2v) is 4.11. The minimum absolute atomic E-state index is 0.115. The van der Waals surface area contributed by atoms with Gasteiger partial charge in [-0.15, -0.1) is 0 Å². The standard InChI is InChI=1S/C12H15N5O2/c1-3-17-6-8(4-5-9(17)18)14-12(19)11-10(13)7(2)15-16-11/h4-6H,3,13H2,1-2H3,(H,14,19)(H,15,16). The summed E-state index contributed by atoms with van der Waals surface area (Å²) < 4.78 is 1.49. The zero-order valence-corrected chi connectivity index (χ0v) is 10.7. The number of carbonyl (C=O) groups is 1. The highest BCUT2D eigenvalue weighted by molar-refractivity contribution is 6.06. The van der Waals surface area contributed by atoms with Crippen molar-refractivity contribution in [3.05, 3.63) is 40.1 Å². The van der Waals surface area contributed by atoms with Gasteiger partial charge in [-0.25, -0.2) is 0 Å². The lowest BCUT2D eigenvalue weighted by Gasteiger charge is -2.07. The van der Waals surface area contributed by atoms with Crippen molar-refractivity contribution in [3.8, 4) is 0 Å². The number of aromatic amines is 1. The van der Waals surface area contributed by atoms with Crippen LogP contribution in [-0.4, -0.2) is 20.7 Å². The van der Waals surface area contributed by atoms with E-state index in [0.717, 1.165) is 0 Å². The zero-order chi connectivity index (χ0) is 14.0. The van der Waals surface area contributed by atoms with Gasteiger partial charge < -0.3 is 15.6 Å². The van der Waals surface area contributed by atoms with Gasteiger partial charge in [-0.1, -0.05) is 0 Å². The van der Waals surface area contributed by atoms with Crippen LogP contribution >= 0.6 is 0 Å². The lowest BCUT2D eigenvalue weighted by atomic mass is 10.3. The number of pyridine rings is 1. The number of nitrogens with zero attached hydrogens (tertiary/aromatic N) is 2. The van der Waals surface area contributed by atoms with Gasteiger partial charge in [0.2, 0.25) is 0 Å². The number of aromatic nitrogens is 3. The Morgan fingerprint density at radius 1 is 1.53 bits per heavy atom. The number of aryl methyl sites for hydroxylation is 2. The molecule has 4 N–H and O–H groups in total. The maximum absolute atomic E-state index is 12.0. The molecular weight excluding hydrogens is 246 g/mol. The lowest BCUT2D eigenvalue weighted by molar-refractivity contribution is 0.102. The average molecular weight is 261 g/mol. The summed E-state index contributed by atoms with van der Waals surface area (Å²) in [7, 11) is 0. The molecule has 0 aliphatic rings. The highest BCUT2D eigenvalue weighted by atomic mass is 16.2. The molecule has 0 radical (unpaired) electrons. The predicted molar refractivity (Wildman–Crippen MR) is 72.1 cm³/mol. The van der Waals surface area contributed by atoms with E-state index in [0.29, 0.717) is 23.6 Å². The van der Waals surface area contributed by atoms with Gasteiger partial charge >= 0.3 is 0 Å². The summed E-state index contributed by atoms with van der Waals surface area (Å²) in [6.07, 6.45) is 1.58. The van der Waals surface area contributed by atoms with Gasteiger partial charge in [-0.2, -0.15) is 5.10 Å². The van der Waals surface area contributed by atoms with E-state index in [9.17, 15) is 9.59 Å². The molecule has 19 heavy (non-hydrogen) atoms. The minimum Gasteiger partial charge on any atom is -0.395 e. The molecule has 0 aliphatic heterocycles. The van der Waals surface area contributed by atoms with E-state index < -0.39 is 5.91 Å². The maximum Gasteiger partial charge on any atom is 0.278 e. The molecule has 0 fully saturated rings. The number of nitrogens with two attached hydrogens (primary N) is 1. The Morgan fingerprint density at radius 3 is 2.84 bits per heavy atom. The first kappa shape index (κ1) is 12.9. The van der Waals surface area contributed by atoms with Gasteiger partial charge in [-0.3, -0.25) is 14.7 Å². The van der Waals surface area contributed by atoms with Crippen molar-refractivity contribution in [1.82, 2.24) is 14.8 Å². The van der Waals surface area contributed by atoms with Crippen molar-refractivity contribution in [1.29, 1.82) is 0 Å². The molecular formula is C12H15N5O2. The smallest absolute Gasteiger partial charge is 0.278 e. The summed E-state index contributed by atoms with van der Waals surface area (Å²) in [5.74, 6) is -0.414. The van der Waals surface area contributed by atoms with Crippen LogP contribution in [0.5, 0.6) is 0 Å². The van der Waals surface area contributed by atoms with Crippen LogP contribution in [0.25, 0.3) is 0 Å². The highest BCUT2D eigenvalue weighted by Crippen LogP contribution is 2.14. The van der Waals surface area contributed by atoms with E-state index in [1.807, 2.05) is 6.92 Å². The number of hydrogen-bond donors (Lipinski definition) is 3. The molecule has 0 atom stereocenters. The van der Waals surface area contributed by atoms with Gasteiger partial charge in [0.15, 0.2) is 5.69 Å². The summed E-state index contributed by atoms with van der Waals surface area (Å²) in [6.45, 7) is 4.12. The number of rotatable bonds is 3. The van der Waals surface area contributed by atoms with Gasteiger partial charge in [0.1, 0.15) is 0 Å². The van der Waals surface area contributed by atoms with E-state index >= 15 is 0 Å². The summed E-state index contributed by atoms with van der Waals surface area (Å²) in [4.78, 5) is 23.4. The van der Waals surface area contributed by atoms with Gasteiger partial charge in [0, 0.05) is 18.8 Å². The first-order chi connectivity index (χ1) is 9.02. The van der Waals surface area contributed by atoms with Gasteiger partial charge in [0.25, 0.3) is 11.5 Å². The fourth-order valence-corrected chi connectivity index (χ4v) is 1.65. The number of nitrogens with one attached hydrogen (secondary N) is 2. The molecule has 0 aliphatic carbocycles. The van der Waals surface area contributed by atoms with E-state index in [4.69, 9.17) is 5.73 Å². The van der Waals surface area contributed by atoms with Crippen molar-refractivity contribution in [3.63, 3.8) is 0 Å². The van der Waals surface area contributed by atoms with Crippen molar-refractivity contribution >= 4 is 17.3 Å². The fraction of sp³-hybridized carbons (Fsp3) is 0.250. The quantitative estimate of drug-likeness (QED) is 0.757. The molecule has 0 unspecified atom stereocenters. The summed E-state index contributed by atoms with van der Waals surface area (Å²) in [5.41, 5.74) is 7.24. The molecule has 0 spiro atoms. The number of amides is 1. The molecule has 2 rings (SSSR count). The molecule has 7 nitrogen and oxygen atoms in total. The molecule has 0 bridgehead atoms.